The minimum Gasteiger partial charge on any atom is -0.258 e. The summed E-state index contributed by atoms with van der Waals surface area (Å²) in [6, 6.07) is 3.79. The molecular weight excluding hydrogens is 272 g/mol. The summed E-state index contributed by atoms with van der Waals surface area (Å²) in [6.07, 6.45) is 2.36. The van der Waals surface area contributed by atoms with Gasteiger partial charge in [0.05, 0.1) is 15.9 Å². The molecule has 7 heteroatoms. The molecule has 2 rings (SSSR count). The van der Waals surface area contributed by atoms with Crippen LogP contribution in [0.1, 0.15) is 25.3 Å². The molecule has 0 saturated heterocycles. The summed E-state index contributed by atoms with van der Waals surface area (Å²) in [5.41, 5.74) is -0.0414. The monoisotopic (exact) mass is 284 g/mol. The highest BCUT2D eigenvalue weighted by molar-refractivity contribution is 6.21. The SMILES string of the molecule is CC(Cl)C1(Cc2ccc([N+](=O)[O-])cc2[N+](=O)[O-])CC1. The second kappa shape index (κ2) is 4.77. The minimum atomic E-state index is -0.631. The van der Waals surface area contributed by atoms with Gasteiger partial charge in [-0.15, -0.1) is 11.6 Å². The quantitative estimate of drug-likeness (QED) is 0.471. The van der Waals surface area contributed by atoms with Gasteiger partial charge in [-0.25, -0.2) is 0 Å². The molecule has 0 aliphatic heterocycles. The minimum absolute atomic E-state index is 0.0673. The van der Waals surface area contributed by atoms with Gasteiger partial charge in [-0.2, -0.15) is 0 Å². The first kappa shape index (κ1) is 13.7. The first-order valence-corrected chi connectivity index (χ1v) is 6.35. The van der Waals surface area contributed by atoms with Crippen LogP contribution >= 0.6 is 11.6 Å². The molecule has 19 heavy (non-hydrogen) atoms. The van der Waals surface area contributed by atoms with Crippen molar-refractivity contribution in [1.29, 1.82) is 0 Å². The molecule has 6 nitrogen and oxygen atoms in total. The van der Waals surface area contributed by atoms with E-state index in [1.54, 1.807) is 0 Å². The molecule has 1 atom stereocenters. The van der Waals surface area contributed by atoms with Gasteiger partial charge in [-0.05, 0) is 37.7 Å². The molecule has 0 amide bonds. The van der Waals surface area contributed by atoms with E-state index < -0.39 is 9.85 Å². The van der Waals surface area contributed by atoms with Crippen LogP contribution in [0.25, 0.3) is 0 Å². The average molecular weight is 285 g/mol. The van der Waals surface area contributed by atoms with Crippen LogP contribution in [0, 0.1) is 25.6 Å². The van der Waals surface area contributed by atoms with Crippen molar-refractivity contribution in [2.24, 2.45) is 5.41 Å². The van der Waals surface area contributed by atoms with E-state index in [1.807, 2.05) is 6.92 Å². The Kier molecular flexibility index (Phi) is 3.45. The molecule has 1 aromatic carbocycles. The lowest BCUT2D eigenvalue weighted by molar-refractivity contribution is -0.394. The molecule has 0 bridgehead atoms. The van der Waals surface area contributed by atoms with Gasteiger partial charge in [0.15, 0.2) is 0 Å². The van der Waals surface area contributed by atoms with E-state index in [0.717, 1.165) is 18.9 Å². The fourth-order valence-corrected chi connectivity index (χ4v) is 2.54. The smallest absolute Gasteiger partial charge is 0.258 e. The van der Waals surface area contributed by atoms with Gasteiger partial charge in [0.25, 0.3) is 11.4 Å². The topological polar surface area (TPSA) is 86.3 Å². The maximum Gasteiger partial charge on any atom is 0.279 e. The van der Waals surface area contributed by atoms with Crippen molar-refractivity contribution >= 4 is 23.0 Å². The largest absolute Gasteiger partial charge is 0.279 e. The second-order valence-corrected chi connectivity index (χ2v) is 5.64. The van der Waals surface area contributed by atoms with Crippen molar-refractivity contribution < 1.29 is 9.85 Å². The first-order valence-electron chi connectivity index (χ1n) is 5.91. The van der Waals surface area contributed by atoms with Crippen LogP contribution in [0.2, 0.25) is 0 Å². The Hall–Kier alpha value is -1.69. The standard InChI is InChI=1S/C12H13ClN2O4/c1-8(13)12(4-5-12)7-9-2-3-10(14(16)17)6-11(9)15(18)19/h2-3,6,8H,4-5,7H2,1H3. The van der Waals surface area contributed by atoms with Crippen LogP contribution < -0.4 is 0 Å². The predicted octanol–water partition coefficient (Wildman–Crippen LogP) is 3.45. The Bertz CT molecular complexity index is 541. The highest BCUT2D eigenvalue weighted by Gasteiger charge is 2.47. The summed E-state index contributed by atoms with van der Waals surface area (Å²) in [5.74, 6) is 0. The van der Waals surface area contributed by atoms with Crippen LogP contribution in [0.5, 0.6) is 0 Å². The molecule has 102 valence electrons. The molecule has 0 spiro atoms. The van der Waals surface area contributed by atoms with Crippen LogP contribution in [-0.4, -0.2) is 15.2 Å². The number of nitro benzene ring substituents is 2. The lowest BCUT2D eigenvalue weighted by atomic mass is 9.92. The number of non-ortho nitro benzene ring substituents is 1. The molecular formula is C12H13ClN2O4. The van der Waals surface area contributed by atoms with Gasteiger partial charge in [0.1, 0.15) is 0 Å². The van der Waals surface area contributed by atoms with Crippen molar-refractivity contribution in [2.45, 2.75) is 31.6 Å². The van der Waals surface area contributed by atoms with Gasteiger partial charge < -0.3 is 0 Å². The van der Waals surface area contributed by atoms with Crippen LogP contribution in [-0.2, 0) is 6.42 Å². The highest BCUT2D eigenvalue weighted by atomic mass is 35.5. The lowest BCUT2D eigenvalue weighted by Crippen LogP contribution is -2.16. The summed E-state index contributed by atoms with van der Waals surface area (Å²) >= 11 is 6.12. The molecule has 0 radical (unpaired) electrons. The van der Waals surface area contributed by atoms with E-state index in [-0.39, 0.29) is 22.2 Å². The molecule has 1 aromatic rings. The molecule has 0 heterocycles. The summed E-state index contributed by atoms with van der Waals surface area (Å²) in [4.78, 5) is 20.5. The van der Waals surface area contributed by atoms with E-state index in [4.69, 9.17) is 11.6 Å². The zero-order chi connectivity index (χ0) is 14.2. The molecule has 0 aromatic heterocycles. The normalized spacial score (nSPS) is 17.8. The summed E-state index contributed by atoms with van der Waals surface area (Å²) in [5, 5.41) is 21.6. The zero-order valence-electron chi connectivity index (χ0n) is 10.3. The van der Waals surface area contributed by atoms with Gasteiger partial charge in [0, 0.05) is 17.0 Å². The zero-order valence-corrected chi connectivity index (χ0v) is 11.1. The lowest BCUT2D eigenvalue weighted by Gasteiger charge is -2.17. The summed E-state index contributed by atoms with van der Waals surface area (Å²) in [6.45, 7) is 1.88. The number of hydrogen-bond donors (Lipinski definition) is 0. The van der Waals surface area contributed by atoms with Crippen molar-refractivity contribution in [3.05, 3.63) is 44.0 Å². The third kappa shape index (κ3) is 2.68. The third-order valence-electron chi connectivity index (χ3n) is 3.75. The van der Waals surface area contributed by atoms with E-state index >= 15 is 0 Å². The molecule has 1 fully saturated rings. The summed E-state index contributed by atoms with van der Waals surface area (Å²) < 4.78 is 0. The van der Waals surface area contributed by atoms with E-state index in [0.29, 0.717) is 12.0 Å². The van der Waals surface area contributed by atoms with Crippen molar-refractivity contribution in [3.63, 3.8) is 0 Å². The number of halogens is 1. The van der Waals surface area contributed by atoms with Crippen LogP contribution in [0.3, 0.4) is 0 Å². The number of rotatable bonds is 5. The first-order chi connectivity index (χ1) is 8.85. The van der Waals surface area contributed by atoms with Crippen LogP contribution in [0.15, 0.2) is 18.2 Å². The number of nitro groups is 2. The molecule has 1 saturated carbocycles. The Balaban J connectivity index is 2.35. The van der Waals surface area contributed by atoms with E-state index in [9.17, 15) is 20.2 Å². The maximum atomic E-state index is 11.0. The second-order valence-electron chi connectivity index (χ2n) is 4.98. The third-order valence-corrected chi connectivity index (χ3v) is 4.22. The number of nitrogens with zero attached hydrogens (tertiary/aromatic N) is 2. The maximum absolute atomic E-state index is 11.0. The molecule has 0 N–H and O–H groups in total. The van der Waals surface area contributed by atoms with Crippen molar-refractivity contribution in [1.82, 2.24) is 0 Å². The number of alkyl halides is 1. The Morgan fingerprint density at radius 3 is 2.37 bits per heavy atom. The number of hydrogen-bond acceptors (Lipinski definition) is 4. The van der Waals surface area contributed by atoms with Gasteiger partial charge >= 0.3 is 0 Å². The Morgan fingerprint density at radius 2 is 1.95 bits per heavy atom. The fraction of sp³-hybridized carbons (Fsp3) is 0.500. The van der Waals surface area contributed by atoms with Crippen molar-refractivity contribution in [2.75, 3.05) is 0 Å². The van der Waals surface area contributed by atoms with E-state index in [2.05, 4.69) is 0 Å². The van der Waals surface area contributed by atoms with E-state index in [1.165, 1.54) is 12.1 Å². The van der Waals surface area contributed by atoms with Crippen LogP contribution in [0.4, 0.5) is 11.4 Å². The fourth-order valence-electron chi connectivity index (χ4n) is 2.24. The number of benzene rings is 1. The molecule has 1 aliphatic carbocycles. The average Bonchev–Trinajstić information content (AvgIpc) is 3.10. The summed E-state index contributed by atoms with van der Waals surface area (Å²) in [7, 11) is 0. The Morgan fingerprint density at radius 1 is 1.32 bits per heavy atom. The highest BCUT2D eigenvalue weighted by Crippen LogP contribution is 2.54. The van der Waals surface area contributed by atoms with Gasteiger partial charge in [-0.3, -0.25) is 20.2 Å². The van der Waals surface area contributed by atoms with Crippen molar-refractivity contribution in [3.8, 4) is 0 Å². The molecule has 1 unspecified atom stereocenters. The predicted molar refractivity (Wildman–Crippen MR) is 70.4 cm³/mol. The molecule has 1 aliphatic rings. The van der Waals surface area contributed by atoms with Gasteiger partial charge in [-0.1, -0.05) is 0 Å². The Labute approximate surface area is 114 Å². The van der Waals surface area contributed by atoms with Gasteiger partial charge in [0.2, 0.25) is 0 Å².